The lowest BCUT2D eigenvalue weighted by atomic mass is 10.2. The lowest BCUT2D eigenvalue weighted by Gasteiger charge is -2.04. The molecule has 0 fully saturated rings. The number of anilines is 1. The second kappa shape index (κ2) is 5.55. The fourth-order valence-electron chi connectivity index (χ4n) is 1.44. The first-order valence-corrected chi connectivity index (χ1v) is 8.23. The number of nitrogens with two attached hydrogens (primary N) is 1. The van der Waals surface area contributed by atoms with Crippen molar-refractivity contribution in [3.05, 3.63) is 34.8 Å². The molecule has 9 heteroatoms. The van der Waals surface area contributed by atoms with Crippen molar-refractivity contribution in [1.29, 1.82) is 0 Å². The minimum atomic E-state index is -3.21. The third-order valence-corrected chi connectivity index (χ3v) is 4.32. The molecule has 3 N–H and O–H groups in total. The lowest BCUT2D eigenvalue weighted by molar-refractivity contribution is 0.0950. The number of hydrogen-bond donors (Lipinski definition) is 2. The van der Waals surface area contributed by atoms with Gasteiger partial charge in [0.05, 0.1) is 4.90 Å². The van der Waals surface area contributed by atoms with Gasteiger partial charge in [-0.25, -0.2) is 8.42 Å². The van der Waals surface area contributed by atoms with Crippen LogP contribution >= 0.6 is 11.3 Å². The van der Waals surface area contributed by atoms with Crippen molar-refractivity contribution < 1.29 is 13.2 Å². The molecule has 2 aromatic rings. The molecule has 1 heterocycles. The molecular formula is C11H12N4O3S2. The molecule has 0 aliphatic carbocycles. The number of sulfone groups is 1. The fourth-order valence-corrected chi connectivity index (χ4v) is 2.60. The maximum Gasteiger partial charge on any atom is 0.282 e. The smallest absolute Gasteiger partial charge is 0.282 e. The average Bonchev–Trinajstić information content (AvgIpc) is 2.82. The molecule has 0 unspecified atom stereocenters. The van der Waals surface area contributed by atoms with E-state index >= 15 is 0 Å². The van der Waals surface area contributed by atoms with Crippen LogP contribution < -0.4 is 11.1 Å². The summed E-state index contributed by atoms with van der Waals surface area (Å²) in [6.07, 6.45) is 1.14. The van der Waals surface area contributed by atoms with Crippen LogP contribution in [0.1, 0.15) is 15.4 Å². The van der Waals surface area contributed by atoms with Crippen LogP contribution in [0.2, 0.25) is 0 Å². The van der Waals surface area contributed by atoms with E-state index in [1.807, 2.05) is 0 Å². The number of hydrogen-bond acceptors (Lipinski definition) is 7. The molecular weight excluding hydrogens is 300 g/mol. The summed E-state index contributed by atoms with van der Waals surface area (Å²) < 4.78 is 22.6. The minimum absolute atomic E-state index is 0.190. The Labute approximate surface area is 119 Å². The molecule has 0 bridgehead atoms. The quantitative estimate of drug-likeness (QED) is 0.847. The first kappa shape index (κ1) is 14.4. The molecule has 0 spiro atoms. The molecule has 2 rings (SSSR count). The van der Waals surface area contributed by atoms with E-state index in [1.54, 1.807) is 12.1 Å². The Kier molecular flexibility index (Phi) is 4.00. The Morgan fingerprint density at radius 3 is 2.45 bits per heavy atom. The Morgan fingerprint density at radius 2 is 1.95 bits per heavy atom. The Bertz CT molecular complexity index is 722. The normalized spacial score (nSPS) is 11.2. The second-order valence-electron chi connectivity index (χ2n) is 4.04. The third kappa shape index (κ3) is 3.52. The highest BCUT2D eigenvalue weighted by molar-refractivity contribution is 7.90. The van der Waals surface area contributed by atoms with Crippen molar-refractivity contribution in [3.8, 4) is 0 Å². The van der Waals surface area contributed by atoms with Crippen LogP contribution in [0.25, 0.3) is 0 Å². The lowest BCUT2D eigenvalue weighted by Crippen LogP contribution is -2.22. The van der Waals surface area contributed by atoms with Gasteiger partial charge in [-0.15, -0.1) is 10.2 Å². The summed E-state index contributed by atoms with van der Waals surface area (Å²) in [4.78, 5) is 11.9. The van der Waals surface area contributed by atoms with Crippen LogP contribution in [-0.2, 0) is 16.4 Å². The van der Waals surface area contributed by atoms with Gasteiger partial charge in [-0.3, -0.25) is 4.79 Å². The summed E-state index contributed by atoms with van der Waals surface area (Å²) >= 11 is 1.00. The number of nitrogen functional groups attached to an aromatic ring is 1. The number of rotatable bonds is 4. The van der Waals surface area contributed by atoms with E-state index in [0.717, 1.165) is 23.2 Å². The van der Waals surface area contributed by atoms with Gasteiger partial charge in [0.15, 0.2) is 9.84 Å². The molecule has 0 atom stereocenters. The van der Waals surface area contributed by atoms with E-state index < -0.39 is 9.84 Å². The summed E-state index contributed by atoms with van der Waals surface area (Å²) in [5.41, 5.74) is 6.17. The molecule has 1 aromatic heterocycles. The van der Waals surface area contributed by atoms with Gasteiger partial charge in [0.1, 0.15) is 0 Å². The van der Waals surface area contributed by atoms with E-state index in [1.165, 1.54) is 12.1 Å². The zero-order valence-electron chi connectivity index (χ0n) is 10.5. The van der Waals surface area contributed by atoms with Gasteiger partial charge < -0.3 is 11.1 Å². The summed E-state index contributed by atoms with van der Waals surface area (Å²) in [5.74, 6) is -0.369. The van der Waals surface area contributed by atoms with Gasteiger partial charge in [-0.05, 0) is 17.7 Å². The highest BCUT2D eigenvalue weighted by Gasteiger charge is 2.11. The third-order valence-electron chi connectivity index (χ3n) is 2.44. The topological polar surface area (TPSA) is 115 Å². The maximum absolute atomic E-state index is 11.7. The number of carbonyl (C=O) groups is 1. The zero-order chi connectivity index (χ0) is 14.8. The SMILES string of the molecule is CS(=O)(=O)c1ccc(CNC(=O)c2nnc(N)s2)cc1. The van der Waals surface area contributed by atoms with Gasteiger partial charge in [0.25, 0.3) is 5.91 Å². The van der Waals surface area contributed by atoms with Crippen LogP contribution in [0.5, 0.6) is 0 Å². The van der Waals surface area contributed by atoms with E-state index in [-0.39, 0.29) is 27.5 Å². The monoisotopic (exact) mass is 312 g/mol. The Morgan fingerprint density at radius 1 is 1.30 bits per heavy atom. The molecule has 0 saturated heterocycles. The Hall–Kier alpha value is -2.00. The number of amides is 1. The summed E-state index contributed by atoms with van der Waals surface area (Å²) in [6.45, 7) is 0.266. The van der Waals surface area contributed by atoms with Gasteiger partial charge in [-0.1, -0.05) is 23.5 Å². The van der Waals surface area contributed by atoms with Crippen molar-refractivity contribution in [2.45, 2.75) is 11.4 Å². The molecule has 0 aliphatic heterocycles. The van der Waals surface area contributed by atoms with Crippen LogP contribution in [0, 0.1) is 0 Å². The largest absolute Gasteiger partial charge is 0.374 e. The van der Waals surface area contributed by atoms with Crippen molar-refractivity contribution in [3.63, 3.8) is 0 Å². The first-order valence-electron chi connectivity index (χ1n) is 5.52. The molecule has 7 nitrogen and oxygen atoms in total. The minimum Gasteiger partial charge on any atom is -0.374 e. The van der Waals surface area contributed by atoms with Crippen LogP contribution in [0.4, 0.5) is 5.13 Å². The zero-order valence-corrected chi connectivity index (χ0v) is 12.2. The highest BCUT2D eigenvalue weighted by Crippen LogP contribution is 2.12. The average molecular weight is 312 g/mol. The predicted octanol–water partition coefficient (Wildman–Crippen LogP) is 0.454. The summed E-state index contributed by atoms with van der Waals surface area (Å²) in [7, 11) is -3.21. The van der Waals surface area contributed by atoms with E-state index in [0.29, 0.717) is 0 Å². The number of aromatic nitrogens is 2. The van der Waals surface area contributed by atoms with Gasteiger partial charge in [0.2, 0.25) is 10.1 Å². The van der Waals surface area contributed by atoms with Crippen LogP contribution in [0.3, 0.4) is 0 Å². The van der Waals surface area contributed by atoms with Crippen molar-refractivity contribution in [2.75, 3.05) is 12.0 Å². The number of nitrogens with one attached hydrogen (secondary N) is 1. The van der Waals surface area contributed by atoms with Crippen molar-refractivity contribution in [2.24, 2.45) is 0 Å². The van der Waals surface area contributed by atoms with E-state index in [4.69, 9.17) is 5.73 Å². The summed E-state index contributed by atoms with van der Waals surface area (Å²) in [5, 5.41) is 10.2. The number of benzene rings is 1. The highest BCUT2D eigenvalue weighted by atomic mass is 32.2. The standard InChI is InChI=1S/C11H12N4O3S2/c1-20(17,18)8-4-2-7(3-5-8)6-13-9(16)10-14-15-11(12)19-10/h2-5H,6H2,1H3,(H2,12,15)(H,13,16). The molecule has 106 valence electrons. The summed E-state index contributed by atoms with van der Waals surface area (Å²) in [6, 6.07) is 6.29. The molecule has 0 aliphatic rings. The Balaban J connectivity index is 1.99. The molecule has 0 radical (unpaired) electrons. The molecule has 20 heavy (non-hydrogen) atoms. The van der Waals surface area contributed by atoms with Gasteiger partial charge >= 0.3 is 0 Å². The molecule has 1 aromatic carbocycles. The second-order valence-corrected chi connectivity index (χ2v) is 7.07. The number of carbonyl (C=O) groups excluding carboxylic acids is 1. The van der Waals surface area contributed by atoms with Crippen molar-refractivity contribution >= 4 is 32.2 Å². The maximum atomic E-state index is 11.7. The van der Waals surface area contributed by atoms with E-state index in [2.05, 4.69) is 15.5 Å². The van der Waals surface area contributed by atoms with Gasteiger partial charge in [0, 0.05) is 12.8 Å². The molecule has 1 amide bonds. The predicted molar refractivity (Wildman–Crippen MR) is 75.0 cm³/mol. The molecule has 0 saturated carbocycles. The van der Waals surface area contributed by atoms with Crippen LogP contribution in [0.15, 0.2) is 29.2 Å². The first-order chi connectivity index (χ1) is 9.36. The fraction of sp³-hybridized carbons (Fsp3) is 0.182. The van der Waals surface area contributed by atoms with Crippen LogP contribution in [-0.4, -0.2) is 30.8 Å². The van der Waals surface area contributed by atoms with Crippen molar-refractivity contribution in [1.82, 2.24) is 15.5 Å². The van der Waals surface area contributed by atoms with Gasteiger partial charge in [-0.2, -0.15) is 0 Å². The number of nitrogens with zero attached hydrogens (tertiary/aromatic N) is 2. The van der Waals surface area contributed by atoms with E-state index in [9.17, 15) is 13.2 Å².